The van der Waals surface area contributed by atoms with Gasteiger partial charge in [-0.25, -0.2) is 0 Å². The smallest absolute Gasteiger partial charge is 0.0221 e. The predicted octanol–water partition coefficient (Wildman–Crippen LogP) is 2.38. The van der Waals surface area contributed by atoms with Gasteiger partial charge in [-0.15, -0.1) is 0 Å². The highest BCUT2D eigenvalue weighted by Gasteiger charge is 2.25. The maximum Gasteiger partial charge on any atom is 0.0221 e. The number of rotatable bonds is 5. The number of nitrogens with two attached hydrogens (primary N) is 1. The van der Waals surface area contributed by atoms with Gasteiger partial charge >= 0.3 is 0 Å². The molecule has 0 spiro atoms. The SMILES string of the molecule is CCCCCN1C(C)CCCC1CN. The van der Waals surface area contributed by atoms with E-state index in [1.54, 1.807) is 0 Å². The molecule has 1 saturated heterocycles. The minimum absolute atomic E-state index is 0.663. The lowest BCUT2D eigenvalue weighted by atomic mass is 9.96. The molecule has 84 valence electrons. The molecule has 0 bridgehead atoms. The predicted molar refractivity (Wildman–Crippen MR) is 62.4 cm³/mol. The van der Waals surface area contributed by atoms with E-state index in [2.05, 4.69) is 18.7 Å². The van der Waals surface area contributed by atoms with Crippen molar-refractivity contribution in [3.05, 3.63) is 0 Å². The van der Waals surface area contributed by atoms with Crippen molar-refractivity contribution < 1.29 is 0 Å². The van der Waals surface area contributed by atoms with Gasteiger partial charge in [0.15, 0.2) is 0 Å². The maximum atomic E-state index is 5.82. The van der Waals surface area contributed by atoms with Crippen LogP contribution < -0.4 is 5.73 Å². The number of hydrogen-bond donors (Lipinski definition) is 1. The second-order valence-corrected chi connectivity index (χ2v) is 4.61. The number of nitrogens with zero attached hydrogens (tertiary/aromatic N) is 1. The second-order valence-electron chi connectivity index (χ2n) is 4.61. The third-order valence-electron chi connectivity index (χ3n) is 3.49. The van der Waals surface area contributed by atoms with Crippen LogP contribution in [0.15, 0.2) is 0 Å². The minimum Gasteiger partial charge on any atom is -0.329 e. The van der Waals surface area contributed by atoms with Gasteiger partial charge in [0.05, 0.1) is 0 Å². The van der Waals surface area contributed by atoms with Gasteiger partial charge in [-0.1, -0.05) is 26.2 Å². The fourth-order valence-electron chi connectivity index (χ4n) is 2.54. The van der Waals surface area contributed by atoms with Crippen molar-refractivity contribution in [1.82, 2.24) is 4.90 Å². The van der Waals surface area contributed by atoms with Crippen molar-refractivity contribution in [3.8, 4) is 0 Å². The molecule has 1 fully saturated rings. The molecule has 2 nitrogen and oxygen atoms in total. The molecule has 0 aliphatic carbocycles. The average Bonchev–Trinajstić information content (AvgIpc) is 2.20. The van der Waals surface area contributed by atoms with Crippen LogP contribution in [0.5, 0.6) is 0 Å². The van der Waals surface area contributed by atoms with Crippen molar-refractivity contribution in [2.45, 2.75) is 64.5 Å². The van der Waals surface area contributed by atoms with E-state index in [-0.39, 0.29) is 0 Å². The van der Waals surface area contributed by atoms with Gasteiger partial charge in [0.1, 0.15) is 0 Å². The second kappa shape index (κ2) is 6.41. The summed E-state index contributed by atoms with van der Waals surface area (Å²) in [6, 6.07) is 1.42. The fourth-order valence-corrected chi connectivity index (χ4v) is 2.54. The highest BCUT2D eigenvalue weighted by atomic mass is 15.2. The van der Waals surface area contributed by atoms with Crippen molar-refractivity contribution >= 4 is 0 Å². The Kier molecular flexibility index (Phi) is 5.49. The fraction of sp³-hybridized carbons (Fsp3) is 1.00. The Balaban J connectivity index is 2.34. The quantitative estimate of drug-likeness (QED) is 0.687. The van der Waals surface area contributed by atoms with E-state index in [1.807, 2.05) is 0 Å². The summed E-state index contributed by atoms with van der Waals surface area (Å²) in [5.41, 5.74) is 5.82. The van der Waals surface area contributed by atoms with Crippen LogP contribution in [-0.2, 0) is 0 Å². The molecule has 0 saturated carbocycles. The van der Waals surface area contributed by atoms with E-state index in [4.69, 9.17) is 5.73 Å². The lowest BCUT2D eigenvalue weighted by Gasteiger charge is -2.40. The zero-order chi connectivity index (χ0) is 10.4. The first kappa shape index (κ1) is 12.0. The summed E-state index contributed by atoms with van der Waals surface area (Å²) < 4.78 is 0. The third-order valence-corrected chi connectivity index (χ3v) is 3.49. The van der Waals surface area contributed by atoms with Crippen LogP contribution in [0.3, 0.4) is 0 Å². The van der Waals surface area contributed by atoms with Gasteiger partial charge in [-0.3, -0.25) is 4.90 Å². The Morgan fingerprint density at radius 1 is 1.29 bits per heavy atom. The molecule has 14 heavy (non-hydrogen) atoms. The van der Waals surface area contributed by atoms with Crippen LogP contribution in [0.2, 0.25) is 0 Å². The molecule has 1 aliphatic heterocycles. The molecule has 0 amide bonds. The first-order valence-corrected chi connectivity index (χ1v) is 6.25. The van der Waals surface area contributed by atoms with Crippen LogP contribution in [0.25, 0.3) is 0 Å². The number of unbranched alkanes of at least 4 members (excludes halogenated alkanes) is 2. The van der Waals surface area contributed by atoms with Gasteiger partial charge in [0, 0.05) is 18.6 Å². The molecule has 0 aromatic rings. The van der Waals surface area contributed by atoms with Gasteiger partial charge in [-0.05, 0) is 32.7 Å². The third kappa shape index (κ3) is 3.25. The monoisotopic (exact) mass is 198 g/mol. The molecule has 2 unspecified atom stereocenters. The van der Waals surface area contributed by atoms with E-state index in [9.17, 15) is 0 Å². The van der Waals surface area contributed by atoms with E-state index >= 15 is 0 Å². The first-order valence-electron chi connectivity index (χ1n) is 6.25. The van der Waals surface area contributed by atoms with Gasteiger partial charge < -0.3 is 5.73 Å². The van der Waals surface area contributed by atoms with Crippen molar-refractivity contribution in [2.75, 3.05) is 13.1 Å². The molecular formula is C12H26N2. The van der Waals surface area contributed by atoms with Gasteiger partial charge in [0.2, 0.25) is 0 Å². The van der Waals surface area contributed by atoms with E-state index in [1.165, 1.54) is 45.1 Å². The molecule has 1 heterocycles. The summed E-state index contributed by atoms with van der Waals surface area (Å²) >= 11 is 0. The Morgan fingerprint density at radius 3 is 2.71 bits per heavy atom. The summed E-state index contributed by atoms with van der Waals surface area (Å²) in [5.74, 6) is 0. The molecule has 2 atom stereocenters. The number of likely N-dealkylation sites (tertiary alicyclic amines) is 1. The standard InChI is InChI=1S/C12H26N2/c1-3-4-5-9-14-11(2)7-6-8-12(14)10-13/h11-12H,3-10,13H2,1-2H3. The lowest BCUT2D eigenvalue weighted by Crippen LogP contribution is -2.49. The van der Waals surface area contributed by atoms with Crippen LogP contribution in [-0.4, -0.2) is 30.1 Å². The van der Waals surface area contributed by atoms with Gasteiger partial charge in [0.25, 0.3) is 0 Å². The van der Waals surface area contributed by atoms with Gasteiger partial charge in [-0.2, -0.15) is 0 Å². The first-order chi connectivity index (χ1) is 6.79. The van der Waals surface area contributed by atoms with Crippen molar-refractivity contribution in [3.63, 3.8) is 0 Å². The largest absolute Gasteiger partial charge is 0.329 e. The maximum absolute atomic E-state index is 5.82. The summed E-state index contributed by atoms with van der Waals surface area (Å²) in [5, 5.41) is 0. The number of piperidine rings is 1. The molecular weight excluding hydrogens is 172 g/mol. The van der Waals surface area contributed by atoms with Crippen LogP contribution in [0.4, 0.5) is 0 Å². The van der Waals surface area contributed by atoms with Crippen LogP contribution >= 0.6 is 0 Å². The Bertz CT molecular complexity index is 147. The number of hydrogen-bond acceptors (Lipinski definition) is 2. The van der Waals surface area contributed by atoms with E-state index in [0.717, 1.165) is 12.6 Å². The zero-order valence-electron chi connectivity index (χ0n) is 9.84. The van der Waals surface area contributed by atoms with Crippen molar-refractivity contribution in [1.29, 1.82) is 0 Å². The molecule has 2 N–H and O–H groups in total. The Morgan fingerprint density at radius 2 is 2.07 bits per heavy atom. The molecule has 2 heteroatoms. The van der Waals surface area contributed by atoms with Crippen LogP contribution in [0.1, 0.15) is 52.4 Å². The normalized spacial score (nSPS) is 29.4. The highest BCUT2D eigenvalue weighted by molar-refractivity contribution is 4.82. The Hall–Kier alpha value is -0.0800. The summed E-state index contributed by atoms with van der Waals surface area (Å²) in [6.45, 7) is 6.72. The molecule has 0 aromatic heterocycles. The topological polar surface area (TPSA) is 29.3 Å². The van der Waals surface area contributed by atoms with Crippen LogP contribution in [0, 0.1) is 0 Å². The highest BCUT2D eigenvalue weighted by Crippen LogP contribution is 2.22. The average molecular weight is 198 g/mol. The molecule has 1 rings (SSSR count). The van der Waals surface area contributed by atoms with E-state index < -0.39 is 0 Å². The zero-order valence-corrected chi connectivity index (χ0v) is 9.84. The Labute approximate surface area is 88.8 Å². The van der Waals surface area contributed by atoms with E-state index in [0.29, 0.717) is 6.04 Å². The summed E-state index contributed by atoms with van der Waals surface area (Å²) in [7, 11) is 0. The van der Waals surface area contributed by atoms with Crippen molar-refractivity contribution in [2.24, 2.45) is 5.73 Å². The molecule has 0 radical (unpaired) electrons. The minimum atomic E-state index is 0.663. The molecule has 1 aliphatic rings. The summed E-state index contributed by atoms with van der Waals surface area (Å²) in [4.78, 5) is 2.64. The lowest BCUT2D eigenvalue weighted by molar-refractivity contribution is 0.0953. The summed E-state index contributed by atoms with van der Waals surface area (Å²) in [6.07, 6.45) is 8.07. The molecule has 0 aromatic carbocycles.